The topological polar surface area (TPSA) is 66.5 Å². The molecule has 0 saturated carbocycles. The minimum atomic E-state index is 0.711. The third-order valence-electron chi connectivity index (χ3n) is 3.24. The van der Waals surface area contributed by atoms with Gasteiger partial charge in [-0.25, -0.2) is 9.97 Å². The maximum absolute atomic E-state index is 4.38. The third kappa shape index (κ3) is 3.32. The predicted octanol–water partition coefficient (Wildman–Crippen LogP) is 2.46. The predicted molar refractivity (Wildman–Crippen MR) is 81.3 cm³/mol. The van der Waals surface area contributed by atoms with Gasteiger partial charge in [-0.05, 0) is 18.6 Å². The summed E-state index contributed by atoms with van der Waals surface area (Å²) in [7, 11) is 0. The van der Waals surface area contributed by atoms with E-state index in [9.17, 15) is 0 Å². The average molecular weight is 279 g/mol. The molecule has 5 nitrogen and oxygen atoms in total. The third-order valence-corrected chi connectivity index (χ3v) is 3.24. The van der Waals surface area contributed by atoms with Crippen LogP contribution >= 0.6 is 0 Å². The number of aryl methyl sites for hydroxylation is 1. The van der Waals surface area contributed by atoms with Crippen LogP contribution < -0.4 is 5.32 Å². The second-order valence-corrected chi connectivity index (χ2v) is 4.84. The molecule has 0 unspecified atom stereocenters. The summed E-state index contributed by atoms with van der Waals surface area (Å²) in [4.78, 5) is 8.47. The highest BCUT2D eigenvalue weighted by molar-refractivity contribution is 5.62. The van der Waals surface area contributed by atoms with Gasteiger partial charge in [0.05, 0.1) is 17.6 Å². The molecule has 0 amide bonds. The Morgan fingerprint density at radius 2 is 1.95 bits per heavy atom. The fourth-order valence-electron chi connectivity index (χ4n) is 2.23. The largest absolute Gasteiger partial charge is 0.307 e. The molecule has 0 aliphatic carbocycles. The lowest BCUT2D eigenvalue weighted by Crippen LogP contribution is -2.14. The Balaban J connectivity index is 1.66. The van der Waals surface area contributed by atoms with Crippen LogP contribution in [-0.2, 0) is 13.1 Å². The zero-order chi connectivity index (χ0) is 14.5. The van der Waals surface area contributed by atoms with Gasteiger partial charge in [0.2, 0.25) is 0 Å². The first-order chi connectivity index (χ1) is 10.3. The zero-order valence-corrected chi connectivity index (χ0v) is 11.9. The van der Waals surface area contributed by atoms with Gasteiger partial charge in [-0.2, -0.15) is 5.10 Å². The number of rotatable bonds is 5. The first kappa shape index (κ1) is 13.5. The molecule has 0 bridgehead atoms. The van der Waals surface area contributed by atoms with E-state index in [0.717, 1.165) is 34.9 Å². The molecular formula is C16H17N5. The molecule has 0 fully saturated rings. The summed E-state index contributed by atoms with van der Waals surface area (Å²) in [6.07, 6.45) is 3.65. The number of hydrogen-bond acceptors (Lipinski definition) is 4. The lowest BCUT2D eigenvalue weighted by molar-refractivity contribution is 0.676. The Labute approximate surface area is 123 Å². The van der Waals surface area contributed by atoms with Crippen LogP contribution in [0.4, 0.5) is 0 Å². The molecule has 5 heteroatoms. The number of aromatic nitrogens is 4. The molecule has 0 aliphatic heterocycles. The molecule has 0 aliphatic rings. The van der Waals surface area contributed by atoms with E-state index in [-0.39, 0.29) is 0 Å². The van der Waals surface area contributed by atoms with E-state index >= 15 is 0 Å². The van der Waals surface area contributed by atoms with Crippen LogP contribution in [0.3, 0.4) is 0 Å². The summed E-state index contributed by atoms with van der Waals surface area (Å²) < 4.78 is 0. The van der Waals surface area contributed by atoms with Crippen molar-refractivity contribution in [3.05, 3.63) is 65.9 Å². The Morgan fingerprint density at radius 3 is 2.76 bits per heavy atom. The van der Waals surface area contributed by atoms with E-state index < -0.39 is 0 Å². The van der Waals surface area contributed by atoms with Gasteiger partial charge in [-0.3, -0.25) is 5.10 Å². The monoisotopic (exact) mass is 279 g/mol. The van der Waals surface area contributed by atoms with Gasteiger partial charge >= 0.3 is 0 Å². The fraction of sp³-hybridized carbons (Fsp3) is 0.188. The lowest BCUT2D eigenvalue weighted by Gasteiger charge is -2.06. The molecule has 0 spiro atoms. The molecule has 3 aromatic rings. The molecule has 0 radical (unpaired) electrons. The molecule has 2 aromatic heterocycles. The first-order valence-electron chi connectivity index (χ1n) is 6.90. The van der Waals surface area contributed by atoms with Gasteiger partial charge in [-0.1, -0.05) is 30.3 Å². The minimum Gasteiger partial charge on any atom is -0.307 e. The van der Waals surface area contributed by atoms with Crippen LogP contribution in [0.25, 0.3) is 11.3 Å². The standard InChI is InChI=1S/C16H17N5/c1-12-18-8-7-15(20-12)11-17-9-14-10-19-21-16(14)13-5-3-2-4-6-13/h2-8,10,17H,9,11H2,1H3,(H,19,21). The summed E-state index contributed by atoms with van der Waals surface area (Å²) in [5, 5.41) is 10.6. The van der Waals surface area contributed by atoms with Crippen molar-refractivity contribution >= 4 is 0 Å². The number of benzene rings is 1. The van der Waals surface area contributed by atoms with E-state index in [1.165, 1.54) is 0 Å². The van der Waals surface area contributed by atoms with Crippen molar-refractivity contribution in [2.45, 2.75) is 20.0 Å². The van der Waals surface area contributed by atoms with Crippen molar-refractivity contribution in [3.8, 4) is 11.3 Å². The number of nitrogens with zero attached hydrogens (tertiary/aromatic N) is 3. The Hall–Kier alpha value is -2.53. The van der Waals surface area contributed by atoms with Crippen LogP contribution in [0, 0.1) is 6.92 Å². The molecule has 0 saturated heterocycles. The molecule has 106 valence electrons. The zero-order valence-electron chi connectivity index (χ0n) is 11.9. The number of H-pyrrole nitrogens is 1. The van der Waals surface area contributed by atoms with Crippen LogP contribution in [-0.4, -0.2) is 20.2 Å². The maximum atomic E-state index is 4.38. The van der Waals surface area contributed by atoms with Crippen molar-refractivity contribution < 1.29 is 0 Å². The second-order valence-electron chi connectivity index (χ2n) is 4.84. The SMILES string of the molecule is Cc1nccc(CNCc2cn[nH]c2-c2ccccc2)n1. The van der Waals surface area contributed by atoms with Crippen molar-refractivity contribution in [2.24, 2.45) is 0 Å². The lowest BCUT2D eigenvalue weighted by atomic mass is 10.1. The Morgan fingerprint density at radius 1 is 1.10 bits per heavy atom. The van der Waals surface area contributed by atoms with Gasteiger partial charge in [0.25, 0.3) is 0 Å². The maximum Gasteiger partial charge on any atom is 0.125 e. The van der Waals surface area contributed by atoms with Gasteiger partial charge in [-0.15, -0.1) is 0 Å². The van der Waals surface area contributed by atoms with E-state index in [1.54, 1.807) is 6.20 Å². The van der Waals surface area contributed by atoms with Gasteiger partial charge < -0.3 is 5.32 Å². The number of hydrogen-bond donors (Lipinski definition) is 2. The highest BCUT2D eigenvalue weighted by Crippen LogP contribution is 2.20. The Bertz CT molecular complexity index is 705. The summed E-state index contributed by atoms with van der Waals surface area (Å²) in [6.45, 7) is 3.35. The second kappa shape index (κ2) is 6.28. The van der Waals surface area contributed by atoms with Crippen LogP contribution in [0.1, 0.15) is 17.1 Å². The van der Waals surface area contributed by atoms with Crippen molar-refractivity contribution in [2.75, 3.05) is 0 Å². The summed E-state index contributed by atoms with van der Waals surface area (Å²) in [5.74, 6) is 0.794. The quantitative estimate of drug-likeness (QED) is 0.753. The normalized spacial score (nSPS) is 10.7. The first-order valence-corrected chi connectivity index (χ1v) is 6.90. The van der Waals surface area contributed by atoms with Crippen molar-refractivity contribution in [1.29, 1.82) is 0 Å². The number of aromatic amines is 1. The van der Waals surface area contributed by atoms with Gasteiger partial charge in [0.1, 0.15) is 5.82 Å². The van der Waals surface area contributed by atoms with E-state index in [1.807, 2.05) is 37.4 Å². The molecular weight excluding hydrogens is 262 g/mol. The Kier molecular flexibility index (Phi) is 4.02. The molecule has 21 heavy (non-hydrogen) atoms. The number of nitrogens with one attached hydrogen (secondary N) is 2. The van der Waals surface area contributed by atoms with Gasteiger partial charge in [0.15, 0.2) is 0 Å². The summed E-state index contributed by atoms with van der Waals surface area (Å²) >= 11 is 0. The van der Waals surface area contributed by atoms with E-state index in [2.05, 4.69) is 37.6 Å². The van der Waals surface area contributed by atoms with Crippen LogP contribution in [0.5, 0.6) is 0 Å². The molecule has 0 atom stereocenters. The molecule has 1 aromatic carbocycles. The smallest absolute Gasteiger partial charge is 0.125 e. The van der Waals surface area contributed by atoms with Crippen molar-refractivity contribution in [1.82, 2.24) is 25.5 Å². The molecule has 2 N–H and O–H groups in total. The van der Waals surface area contributed by atoms with Crippen LogP contribution in [0.15, 0.2) is 48.8 Å². The van der Waals surface area contributed by atoms with Crippen LogP contribution in [0.2, 0.25) is 0 Å². The fourth-order valence-corrected chi connectivity index (χ4v) is 2.23. The summed E-state index contributed by atoms with van der Waals surface area (Å²) in [6, 6.07) is 12.1. The average Bonchev–Trinajstić information content (AvgIpc) is 2.97. The van der Waals surface area contributed by atoms with Gasteiger partial charge in [0, 0.05) is 24.8 Å². The van der Waals surface area contributed by atoms with Crippen molar-refractivity contribution in [3.63, 3.8) is 0 Å². The minimum absolute atomic E-state index is 0.711. The molecule has 2 heterocycles. The van der Waals surface area contributed by atoms with E-state index in [0.29, 0.717) is 6.54 Å². The molecule has 3 rings (SSSR count). The summed E-state index contributed by atoms with van der Waals surface area (Å²) in [5.41, 5.74) is 4.34. The van der Waals surface area contributed by atoms with E-state index in [4.69, 9.17) is 0 Å². The highest BCUT2D eigenvalue weighted by atomic mass is 15.1. The highest BCUT2D eigenvalue weighted by Gasteiger charge is 2.07.